The summed E-state index contributed by atoms with van der Waals surface area (Å²) in [7, 11) is 0. The quantitative estimate of drug-likeness (QED) is 0.931. The Kier molecular flexibility index (Phi) is 4.47. The van der Waals surface area contributed by atoms with Crippen LogP contribution in [-0.4, -0.2) is 16.1 Å². The molecule has 0 bridgehead atoms. The fraction of sp³-hybridized carbons (Fsp3) is 0.214. The van der Waals surface area contributed by atoms with Gasteiger partial charge in [0.25, 0.3) is 0 Å². The minimum Gasteiger partial charge on any atom is -0.350 e. The van der Waals surface area contributed by atoms with E-state index in [0.29, 0.717) is 18.0 Å². The zero-order valence-electron chi connectivity index (χ0n) is 10.6. The van der Waals surface area contributed by atoms with Crippen LogP contribution in [0.2, 0.25) is 5.02 Å². The predicted octanol–water partition coefficient (Wildman–Crippen LogP) is 2.30. The molecule has 2 rings (SSSR count). The van der Waals surface area contributed by atoms with Gasteiger partial charge in [-0.15, -0.1) is 0 Å². The SMILES string of the molecule is Cc1ccc(CNC(=O)Cc2ccc(Cl)cc2)nn1. The van der Waals surface area contributed by atoms with Crippen LogP contribution in [0, 0.1) is 6.92 Å². The summed E-state index contributed by atoms with van der Waals surface area (Å²) in [4.78, 5) is 11.7. The first kappa shape index (κ1) is 13.5. The molecule has 1 amide bonds. The molecule has 0 aliphatic rings. The minimum atomic E-state index is -0.0512. The summed E-state index contributed by atoms with van der Waals surface area (Å²) < 4.78 is 0. The second-order valence-electron chi connectivity index (χ2n) is 4.25. The highest BCUT2D eigenvalue weighted by Gasteiger charge is 2.04. The number of halogens is 1. The third kappa shape index (κ3) is 4.34. The van der Waals surface area contributed by atoms with E-state index >= 15 is 0 Å². The van der Waals surface area contributed by atoms with Crippen LogP contribution < -0.4 is 5.32 Å². The molecule has 4 nitrogen and oxygen atoms in total. The van der Waals surface area contributed by atoms with E-state index in [1.54, 1.807) is 12.1 Å². The largest absolute Gasteiger partial charge is 0.350 e. The molecule has 0 unspecified atom stereocenters. The first-order chi connectivity index (χ1) is 9.13. The molecule has 0 saturated carbocycles. The molecule has 1 N–H and O–H groups in total. The van der Waals surface area contributed by atoms with E-state index in [2.05, 4.69) is 15.5 Å². The van der Waals surface area contributed by atoms with Crippen LogP contribution in [0.3, 0.4) is 0 Å². The number of nitrogens with zero attached hydrogens (tertiary/aromatic N) is 2. The summed E-state index contributed by atoms with van der Waals surface area (Å²) in [6.45, 7) is 2.26. The van der Waals surface area contributed by atoms with E-state index in [1.165, 1.54) is 0 Å². The van der Waals surface area contributed by atoms with Crippen LogP contribution >= 0.6 is 11.6 Å². The first-order valence-electron chi connectivity index (χ1n) is 5.94. The van der Waals surface area contributed by atoms with Crippen molar-refractivity contribution in [1.29, 1.82) is 0 Å². The highest BCUT2D eigenvalue weighted by molar-refractivity contribution is 6.30. The third-order valence-corrected chi connectivity index (χ3v) is 2.85. The lowest BCUT2D eigenvalue weighted by atomic mass is 10.1. The summed E-state index contributed by atoms with van der Waals surface area (Å²) in [5, 5.41) is 11.4. The van der Waals surface area contributed by atoms with Gasteiger partial charge in [-0.1, -0.05) is 23.7 Å². The van der Waals surface area contributed by atoms with E-state index in [4.69, 9.17) is 11.6 Å². The van der Waals surface area contributed by atoms with Crippen LogP contribution in [-0.2, 0) is 17.8 Å². The number of hydrogen-bond donors (Lipinski definition) is 1. The van der Waals surface area contributed by atoms with Gasteiger partial charge in [0, 0.05) is 5.02 Å². The van der Waals surface area contributed by atoms with Gasteiger partial charge in [-0.05, 0) is 36.8 Å². The highest BCUT2D eigenvalue weighted by atomic mass is 35.5. The molecule has 1 aromatic heterocycles. The van der Waals surface area contributed by atoms with Crippen LogP contribution in [0.5, 0.6) is 0 Å². The molecule has 0 aliphatic heterocycles. The third-order valence-electron chi connectivity index (χ3n) is 2.60. The van der Waals surface area contributed by atoms with E-state index in [1.807, 2.05) is 31.2 Å². The maximum absolute atomic E-state index is 11.7. The maximum atomic E-state index is 11.7. The van der Waals surface area contributed by atoms with Gasteiger partial charge in [-0.3, -0.25) is 4.79 Å². The molecule has 2 aromatic rings. The molecule has 1 aromatic carbocycles. The highest BCUT2D eigenvalue weighted by Crippen LogP contribution is 2.09. The Bertz CT molecular complexity index is 552. The van der Waals surface area contributed by atoms with Gasteiger partial charge in [0.1, 0.15) is 0 Å². The normalized spacial score (nSPS) is 10.2. The number of aromatic nitrogens is 2. The van der Waals surface area contributed by atoms with Gasteiger partial charge < -0.3 is 5.32 Å². The van der Waals surface area contributed by atoms with Gasteiger partial charge in [-0.25, -0.2) is 0 Å². The second kappa shape index (κ2) is 6.29. The summed E-state index contributed by atoms with van der Waals surface area (Å²) in [6.07, 6.45) is 0.330. The summed E-state index contributed by atoms with van der Waals surface area (Å²) in [5.74, 6) is -0.0512. The van der Waals surface area contributed by atoms with E-state index < -0.39 is 0 Å². The van der Waals surface area contributed by atoms with Crippen LogP contribution in [0.25, 0.3) is 0 Å². The Hall–Kier alpha value is -1.94. The van der Waals surface area contributed by atoms with Gasteiger partial charge in [0.15, 0.2) is 0 Å². The standard InChI is InChI=1S/C14H14ClN3O/c1-10-2-7-13(18-17-10)9-16-14(19)8-11-3-5-12(15)6-4-11/h2-7H,8-9H2,1H3,(H,16,19). The lowest BCUT2D eigenvalue weighted by molar-refractivity contribution is -0.120. The fourth-order valence-electron chi connectivity index (χ4n) is 1.56. The molecule has 0 radical (unpaired) electrons. The Morgan fingerprint density at radius 2 is 1.89 bits per heavy atom. The average Bonchev–Trinajstić information content (AvgIpc) is 2.41. The van der Waals surface area contributed by atoms with Crippen molar-refractivity contribution < 1.29 is 4.79 Å². The molecule has 1 heterocycles. The van der Waals surface area contributed by atoms with E-state index in [0.717, 1.165) is 17.0 Å². The Morgan fingerprint density at radius 1 is 1.16 bits per heavy atom. The monoisotopic (exact) mass is 275 g/mol. The van der Waals surface area contributed by atoms with Crippen molar-refractivity contribution in [2.75, 3.05) is 0 Å². The molecule has 19 heavy (non-hydrogen) atoms. The number of benzene rings is 1. The number of hydrogen-bond acceptors (Lipinski definition) is 3. The Balaban J connectivity index is 1.84. The van der Waals surface area contributed by atoms with Gasteiger partial charge in [0.05, 0.1) is 24.4 Å². The van der Waals surface area contributed by atoms with E-state index in [9.17, 15) is 4.79 Å². The molecule has 0 fully saturated rings. The fourth-order valence-corrected chi connectivity index (χ4v) is 1.69. The van der Waals surface area contributed by atoms with Crippen molar-refractivity contribution in [3.8, 4) is 0 Å². The minimum absolute atomic E-state index is 0.0512. The lowest BCUT2D eigenvalue weighted by Crippen LogP contribution is -2.25. The van der Waals surface area contributed by atoms with Crippen molar-refractivity contribution in [1.82, 2.24) is 15.5 Å². The second-order valence-corrected chi connectivity index (χ2v) is 4.68. The first-order valence-corrected chi connectivity index (χ1v) is 6.31. The molecule has 5 heteroatoms. The Morgan fingerprint density at radius 3 is 2.53 bits per heavy atom. The molecule has 0 atom stereocenters. The molecule has 0 aliphatic carbocycles. The van der Waals surface area contributed by atoms with Gasteiger partial charge >= 0.3 is 0 Å². The van der Waals surface area contributed by atoms with Gasteiger partial charge in [-0.2, -0.15) is 10.2 Å². The summed E-state index contributed by atoms with van der Waals surface area (Å²) >= 11 is 5.79. The average molecular weight is 276 g/mol. The van der Waals surface area contributed by atoms with Crippen molar-refractivity contribution in [3.63, 3.8) is 0 Å². The maximum Gasteiger partial charge on any atom is 0.224 e. The van der Waals surface area contributed by atoms with Crippen molar-refractivity contribution in [2.45, 2.75) is 19.9 Å². The number of nitrogens with one attached hydrogen (secondary N) is 1. The molecular formula is C14H14ClN3O. The zero-order valence-corrected chi connectivity index (χ0v) is 11.3. The van der Waals surface area contributed by atoms with Crippen molar-refractivity contribution in [3.05, 3.63) is 58.4 Å². The van der Waals surface area contributed by atoms with Crippen LogP contribution in [0.4, 0.5) is 0 Å². The summed E-state index contributed by atoms with van der Waals surface area (Å²) in [5.41, 5.74) is 2.53. The smallest absolute Gasteiger partial charge is 0.224 e. The molecule has 98 valence electrons. The van der Waals surface area contributed by atoms with Gasteiger partial charge in [0.2, 0.25) is 5.91 Å². The number of rotatable bonds is 4. The number of amides is 1. The number of carbonyl (C=O) groups excluding carboxylic acids is 1. The van der Waals surface area contributed by atoms with Crippen LogP contribution in [0.15, 0.2) is 36.4 Å². The predicted molar refractivity (Wildman–Crippen MR) is 73.8 cm³/mol. The number of aryl methyl sites for hydroxylation is 1. The van der Waals surface area contributed by atoms with E-state index in [-0.39, 0.29) is 5.91 Å². The Labute approximate surface area is 116 Å². The molecule has 0 spiro atoms. The van der Waals surface area contributed by atoms with Crippen LogP contribution in [0.1, 0.15) is 17.0 Å². The topological polar surface area (TPSA) is 54.9 Å². The molecule has 0 saturated heterocycles. The zero-order chi connectivity index (χ0) is 13.7. The summed E-state index contributed by atoms with van der Waals surface area (Å²) in [6, 6.07) is 10.9. The number of carbonyl (C=O) groups is 1. The lowest BCUT2D eigenvalue weighted by Gasteiger charge is -2.05. The van der Waals surface area contributed by atoms with Crippen molar-refractivity contribution >= 4 is 17.5 Å². The van der Waals surface area contributed by atoms with Crippen molar-refractivity contribution in [2.24, 2.45) is 0 Å². The molecular weight excluding hydrogens is 262 g/mol.